The Morgan fingerprint density at radius 3 is 2.31 bits per heavy atom. The van der Waals surface area contributed by atoms with Gasteiger partial charge in [0.05, 0.1) is 0 Å². The lowest BCUT2D eigenvalue weighted by molar-refractivity contribution is -0.273. The van der Waals surface area contributed by atoms with Gasteiger partial charge in [-0.05, 0) is 44.4 Å². The van der Waals surface area contributed by atoms with Crippen molar-refractivity contribution in [1.82, 2.24) is 5.06 Å². The van der Waals surface area contributed by atoms with Crippen LogP contribution in [0.5, 0.6) is 0 Å². The molecule has 2 saturated carbocycles. The van der Waals surface area contributed by atoms with E-state index in [2.05, 4.69) is 6.92 Å². The van der Waals surface area contributed by atoms with Gasteiger partial charge in [-0.25, -0.2) is 0 Å². The highest BCUT2D eigenvalue weighted by atomic mass is 16.5. The maximum absolute atomic E-state index is 9.97. The highest BCUT2D eigenvalue weighted by molar-refractivity contribution is 5.09. The van der Waals surface area contributed by atoms with Gasteiger partial charge in [-0.3, -0.25) is 0 Å². The molecular weight excluding hydrogens is 164 g/mol. The Morgan fingerprint density at radius 1 is 1.31 bits per heavy atom. The van der Waals surface area contributed by atoms with E-state index in [1.807, 2.05) is 0 Å². The molecule has 3 N–H and O–H groups in total. The van der Waals surface area contributed by atoms with Crippen molar-refractivity contribution in [3.63, 3.8) is 0 Å². The maximum Gasteiger partial charge on any atom is 0.0442 e. The van der Waals surface area contributed by atoms with E-state index in [1.165, 1.54) is 0 Å². The molecular formula is C10H18N2O. The van der Waals surface area contributed by atoms with Crippen molar-refractivity contribution in [2.75, 3.05) is 0 Å². The average molecular weight is 182 g/mol. The summed E-state index contributed by atoms with van der Waals surface area (Å²) in [6, 6.07) is 0.820. The molecule has 0 radical (unpaired) electrons. The molecule has 4 fully saturated rings. The zero-order valence-electron chi connectivity index (χ0n) is 8.11. The van der Waals surface area contributed by atoms with Crippen LogP contribution in [-0.4, -0.2) is 27.9 Å². The monoisotopic (exact) mass is 182 g/mol. The van der Waals surface area contributed by atoms with Gasteiger partial charge in [0.15, 0.2) is 0 Å². The molecule has 13 heavy (non-hydrogen) atoms. The van der Waals surface area contributed by atoms with E-state index in [9.17, 15) is 5.21 Å². The Labute approximate surface area is 78.9 Å². The minimum Gasteiger partial charge on any atom is -0.327 e. The lowest BCUT2D eigenvalue weighted by Gasteiger charge is -2.61. The van der Waals surface area contributed by atoms with Crippen LogP contribution in [0, 0.1) is 11.8 Å². The third kappa shape index (κ3) is 0.901. The van der Waals surface area contributed by atoms with Gasteiger partial charge in [-0.2, -0.15) is 5.06 Å². The van der Waals surface area contributed by atoms with E-state index >= 15 is 0 Å². The van der Waals surface area contributed by atoms with Crippen LogP contribution in [0.3, 0.4) is 0 Å². The first-order valence-corrected chi connectivity index (χ1v) is 5.34. The summed E-state index contributed by atoms with van der Waals surface area (Å²) in [6.07, 6.45) is 4.42. The zero-order chi connectivity index (χ0) is 9.22. The molecule has 0 amide bonds. The molecule has 5 atom stereocenters. The first kappa shape index (κ1) is 8.21. The quantitative estimate of drug-likeness (QED) is 0.587. The van der Waals surface area contributed by atoms with E-state index in [-0.39, 0.29) is 5.54 Å². The van der Waals surface area contributed by atoms with E-state index in [1.54, 1.807) is 5.06 Å². The third-order valence-corrected chi connectivity index (χ3v) is 4.54. The molecule has 3 nitrogen and oxygen atoms in total. The second-order valence-electron chi connectivity index (χ2n) is 5.47. The molecule has 2 saturated heterocycles. The summed E-state index contributed by atoms with van der Waals surface area (Å²) in [4.78, 5) is 0. The summed E-state index contributed by atoms with van der Waals surface area (Å²) in [5.74, 6) is 1.34. The summed E-state index contributed by atoms with van der Waals surface area (Å²) in [5.41, 5.74) is 6.22. The fraction of sp³-hybridized carbons (Fsp3) is 1.00. The van der Waals surface area contributed by atoms with Gasteiger partial charge in [0.25, 0.3) is 0 Å². The van der Waals surface area contributed by atoms with Gasteiger partial charge in [-0.1, -0.05) is 0 Å². The largest absolute Gasteiger partial charge is 0.327 e. The van der Waals surface area contributed by atoms with Crippen LogP contribution in [0.2, 0.25) is 0 Å². The minimum atomic E-state index is 0.0480. The van der Waals surface area contributed by atoms with Gasteiger partial charge in [0.1, 0.15) is 0 Å². The number of rotatable bonds is 0. The number of piperidine rings is 2. The fourth-order valence-electron chi connectivity index (χ4n) is 3.97. The van der Waals surface area contributed by atoms with Crippen molar-refractivity contribution in [2.24, 2.45) is 17.6 Å². The van der Waals surface area contributed by atoms with Crippen molar-refractivity contribution in [1.29, 1.82) is 0 Å². The molecule has 2 aliphatic carbocycles. The van der Waals surface area contributed by atoms with E-state index < -0.39 is 0 Å². The van der Waals surface area contributed by atoms with E-state index in [4.69, 9.17) is 5.73 Å². The molecule has 2 unspecified atom stereocenters. The number of hydrogen-bond acceptors (Lipinski definition) is 3. The van der Waals surface area contributed by atoms with Crippen LogP contribution in [0.25, 0.3) is 0 Å². The summed E-state index contributed by atoms with van der Waals surface area (Å²) in [7, 11) is 0. The van der Waals surface area contributed by atoms with E-state index in [0.717, 1.165) is 25.7 Å². The second kappa shape index (κ2) is 2.27. The molecule has 3 heteroatoms. The topological polar surface area (TPSA) is 49.5 Å². The van der Waals surface area contributed by atoms with Crippen LogP contribution in [0.1, 0.15) is 32.6 Å². The molecule has 74 valence electrons. The Balaban J connectivity index is 1.97. The standard InChI is InChI=1S/C10H18N2O/c1-10-4-6-2-8(12(10)13)3-7(5-10)9(6)11/h6-9,13H,2-5,11H2,1H3/t6-,7+,8+,9?,10?. The average Bonchev–Trinajstić information content (AvgIpc) is 2.05. The molecule has 2 heterocycles. The first-order chi connectivity index (χ1) is 6.10. The molecule has 4 aliphatic rings. The molecule has 0 aromatic heterocycles. The molecule has 2 aliphatic heterocycles. The van der Waals surface area contributed by atoms with Crippen molar-refractivity contribution in [3.8, 4) is 0 Å². The van der Waals surface area contributed by atoms with Crippen LogP contribution in [0.4, 0.5) is 0 Å². The minimum absolute atomic E-state index is 0.0480. The Hall–Kier alpha value is -0.120. The lowest BCUT2D eigenvalue weighted by atomic mass is 9.57. The highest BCUT2D eigenvalue weighted by Gasteiger charge is 2.56. The number of nitrogens with two attached hydrogens (primary N) is 1. The summed E-state index contributed by atoms with van der Waals surface area (Å²) in [6.45, 7) is 2.18. The van der Waals surface area contributed by atoms with E-state index in [0.29, 0.717) is 23.9 Å². The van der Waals surface area contributed by atoms with Crippen molar-refractivity contribution in [3.05, 3.63) is 0 Å². The van der Waals surface area contributed by atoms with Gasteiger partial charge in [0.2, 0.25) is 0 Å². The number of hydrogen-bond donors (Lipinski definition) is 2. The van der Waals surface area contributed by atoms with Crippen LogP contribution in [-0.2, 0) is 0 Å². The van der Waals surface area contributed by atoms with Gasteiger partial charge >= 0.3 is 0 Å². The lowest BCUT2D eigenvalue weighted by Crippen LogP contribution is -2.68. The normalized spacial score (nSPS) is 60.2. The van der Waals surface area contributed by atoms with Gasteiger partial charge < -0.3 is 10.9 Å². The van der Waals surface area contributed by atoms with Crippen LogP contribution in [0.15, 0.2) is 0 Å². The molecule has 0 aromatic carbocycles. The van der Waals surface area contributed by atoms with Gasteiger partial charge in [0, 0.05) is 17.6 Å². The predicted molar refractivity (Wildman–Crippen MR) is 49.2 cm³/mol. The smallest absolute Gasteiger partial charge is 0.0442 e. The third-order valence-electron chi connectivity index (χ3n) is 4.54. The molecule has 4 bridgehead atoms. The van der Waals surface area contributed by atoms with Crippen molar-refractivity contribution >= 4 is 0 Å². The molecule has 4 rings (SSSR count). The van der Waals surface area contributed by atoms with Crippen LogP contribution < -0.4 is 5.73 Å². The Kier molecular flexibility index (Phi) is 1.43. The predicted octanol–water partition coefficient (Wildman–Crippen LogP) is 0.966. The second-order valence-corrected chi connectivity index (χ2v) is 5.47. The summed E-state index contributed by atoms with van der Waals surface area (Å²) >= 11 is 0. The van der Waals surface area contributed by atoms with Crippen LogP contribution >= 0.6 is 0 Å². The number of nitrogens with zero attached hydrogens (tertiary/aromatic N) is 1. The maximum atomic E-state index is 9.97. The van der Waals surface area contributed by atoms with Crippen molar-refractivity contribution < 1.29 is 5.21 Å². The molecule has 0 spiro atoms. The summed E-state index contributed by atoms with van der Waals surface area (Å²) in [5, 5.41) is 11.6. The first-order valence-electron chi connectivity index (χ1n) is 5.34. The highest BCUT2D eigenvalue weighted by Crippen LogP contribution is 2.52. The fourth-order valence-corrected chi connectivity index (χ4v) is 3.97. The Morgan fingerprint density at radius 2 is 1.85 bits per heavy atom. The van der Waals surface area contributed by atoms with Gasteiger partial charge in [-0.15, -0.1) is 0 Å². The SMILES string of the molecule is CC12C[C@H]3C[C@@H](C[C@@H](C1)C3N)N2O. The molecule has 0 aromatic rings. The zero-order valence-corrected chi connectivity index (χ0v) is 8.11. The summed E-state index contributed by atoms with van der Waals surface area (Å²) < 4.78 is 0. The van der Waals surface area contributed by atoms with Crippen molar-refractivity contribution in [2.45, 2.75) is 50.2 Å². The number of hydroxylamine groups is 2. The Bertz CT molecular complexity index is 227.